The number of carbonyl (C=O) groups is 5. The number of β-amino-alcohol motifs (C(OH)–C–C–N with tert-alkyl or cyclic N) is 1. The second kappa shape index (κ2) is 26.5. The van der Waals surface area contributed by atoms with Gasteiger partial charge in [-0.2, -0.15) is 13.2 Å². The van der Waals surface area contributed by atoms with Crippen molar-refractivity contribution in [1.29, 1.82) is 0 Å². The number of hydrogen-bond donors (Lipinski definition) is 6. The summed E-state index contributed by atoms with van der Waals surface area (Å²) in [5, 5.41) is 21.9. The number of piperazine rings is 1. The number of carbonyl (C=O) groups excluding carboxylic acids is 5. The topological polar surface area (TPSA) is 209 Å². The summed E-state index contributed by atoms with van der Waals surface area (Å²) in [6.07, 6.45) is 0.766. The number of aromatic nitrogens is 2. The number of amides is 5. The standard InChI is InChI=1S/C59H73F4N9O7S/c1-35-31-71(32-36(2)70(35)7)48-23-21-40(26-47(48)68-55(77)44-30-65-51(75)28-45(44)59(61,62)63)43-22-20-41(25-46(43)60)54(76)64-24-14-12-10-8-9-11-13-15-50(74)69-53(58(4,5)6)57(79)72-33-42(73)27-49(72)56(78)66-29-38-16-18-39(19-17-38)52-37(3)67-34-80-52/h16-23,25-26,28,30,34-36,42,49,53,73H,8-15,24,27,29,31-33H2,1-7H3,(H,64,76)(H,65,75)(H,66,78)(H,68,77)(H,69,74)/t35-,36+,42-,49+,53-/m1/s1. The maximum Gasteiger partial charge on any atom is 0.417 e. The molecule has 0 bridgehead atoms. The molecular formula is C59H73F4N9O7S. The van der Waals surface area contributed by atoms with E-state index < -0.39 is 70.0 Å². The van der Waals surface area contributed by atoms with Crippen molar-refractivity contribution in [3.8, 4) is 21.6 Å². The minimum Gasteiger partial charge on any atom is -0.391 e. The molecule has 2 aliphatic heterocycles. The van der Waals surface area contributed by atoms with Crippen molar-refractivity contribution in [3.05, 3.63) is 123 Å². The van der Waals surface area contributed by atoms with E-state index in [4.69, 9.17) is 0 Å². The van der Waals surface area contributed by atoms with E-state index in [2.05, 4.69) is 36.1 Å². The third-order valence-corrected chi connectivity index (χ3v) is 16.0. The predicted octanol–water partition coefficient (Wildman–Crippen LogP) is 9.07. The maximum atomic E-state index is 15.9. The zero-order chi connectivity index (χ0) is 58.1. The van der Waals surface area contributed by atoms with Crippen LogP contribution in [-0.4, -0.2) is 118 Å². The van der Waals surface area contributed by atoms with E-state index >= 15 is 4.39 Å². The number of thiazole rings is 1. The first-order valence-electron chi connectivity index (χ1n) is 27.2. The molecule has 5 aromatic rings. The van der Waals surface area contributed by atoms with Crippen LogP contribution in [0.15, 0.2) is 83.2 Å². The predicted molar refractivity (Wildman–Crippen MR) is 302 cm³/mol. The van der Waals surface area contributed by atoms with Gasteiger partial charge in [0.1, 0.15) is 17.9 Å². The number of likely N-dealkylation sites (N-methyl/N-ethyl adjacent to an activating group) is 1. The van der Waals surface area contributed by atoms with Crippen LogP contribution in [0.3, 0.4) is 0 Å². The van der Waals surface area contributed by atoms with Crippen molar-refractivity contribution >= 4 is 52.2 Å². The number of aryl methyl sites for hydroxylation is 1. The Hall–Kier alpha value is -6.97. The third-order valence-electron chi connectivity index (χ3n) is 15.0. The van der Waals surface area contributed by atoms with Gasteiger partial charge in [0, 0.05) is 81.0 Å². The van der Waals surface area contributed by atoms with Gasteiger partial charge in [0.05, 0.1) is 44.7 Å². The van der Waals surface area contributed by atoms with E-state index in [0.29, 0.717) is 49.8 Å². The van der Waals surface area contributed by atoms with Gasteiger partial charge in [-0.05, 0) is 87.0 Å². The second-order valence-electron chi connectivity index (χ2n) is 22.2. The molecule has 0 aliphatic carbocycles. The molecule has 2 fully saturated rings. The zero-order valence-corrected chi connectivity index (χ0v) is 47.2. The number of nitrogens with one attached hydrogen (secondary N) is 5. The Morgan fingerprint density at radius 1 is 0.838 bits per heavy atom. The summed E-state index contributed by atoms with van der Waals surface area (Å²) in [7, 11) is 1.99. The van der Waals surface area contributed by atoms with Gasteiger partial charge >= 0.3 is 6.18 Å². The fraction of sp³-hybridized carbons (Fsp3) is 0.475. The van der Waals surface area contributed by atoms with E-state index in [0.717, 1.165) is 66.1 Å². The number of aromatic amines is 1. The highest BCUT2D eigenvalue weighted by Gasteiger charge is 2.44. The van der Waals surface area contributed by atoms with Gasteiger partial charge in [0.25, 0.3) is 11.8 Å². The number of aliphatic hydroxyl groups excluding tert-OH is 1. The van der Waals surface area contributed by atoms with Gasteiger partial charge in [-0.3, -0.25) is 33.7 Å². The van der Waals surface area contributed by atoms with Crippen LogP contribution >= 0.6 is 11.3 Å². The van der Waals surface area contributed by atoms with Crippen LogP contribution < -0.4 is 31.7 Å². The maximum absolute atomic E-state index is 15.9. The number of H-pyrrole nitrogens is 1. The number of anilines is 2. The second-order valence-corrected chi connectivity index (χ2v) is 23.1. The fourth-order valence-electron chi connectivity index (χ4n) is 10.3. The summed E-state index contributed by atoms with van der Waals surface area (Å²) in [6.45, 7) is 13.2. The lowest BCUT2D eigenvalue weighted by Crippen LogP contribution is -2.57. The van der Waals surface area contributed by atoms with Crippen molar-refractivity contribution in [2.24, 2.45) is 5.41 Å². The van der Waals surface area contributed by atoms with Gasteiger partial charge in [-0.25, -0.2) is 9.37 Å². The summed E-state index contributed by atoms with van der Waals surface area (Å²) in [5.74, 6) is -3.37. The van der Waals surface area contributed by atoms with Crippen molar-refractivity contribution in [1.82, 2.24) is 35.7 Å². The summed E-state index contributed by atoms with van der Waals surface area (Å²) >= 11 is 1.56. The Balaban J connectivity index is 0.838. The van der Waals surface area contributed by atoms with E-state index in [1.54, 1.807) is 29.0 Å². The Labute approximate surface area is 468 Å². The Morgan fingerprint density at radius 3 is 2.14 bits per heavy atom. The monoisotopic (exact) mass is 1130 g/mol. The molecular weight excluding hydrogens is 1050 g/mol. The lowest BCUT2D eigenvalue weighted by Gasteiger charge is -2.44. The molecule has 4 heterocycles. The molecule has 3 aromatic carbocycles. The van der Waals surface area contributed by atoms with Crippen molar-refractivity contribution in [2.75, 3.05) is 43.4 Å². The van der Waals surface area contributed by atoms with E-state index in [1.807, 2.05) is 77.8 Å². The molecule has 5 amide bonds. The molecule has 0 radical (unpaired) electrons. The molecule has 0 unspecified atom stereocenters. The van der Waals surface area contributed by atoms with Crippen LogP contribution in [0.1, 0.15) is 130 Å². The van der Waals surface area contributed by atoms with Crippen LogP contribution in [0.2, 0.25) is 0 Å². The zero-order valence-electron chi connectivity index (χ0n) is 46.4. The van der Waals surface area contributed by atoms with Gasteiger partial charge < -0.3 is 41.2 Å². The highest BCUT2D eigenvalue weighted by molar-refractivity contribution is 7.13. The largest absolute Gasteiger partial charge is 0.417 e. The molecule has 21 heteroatoms. The third kappa shape index (κ3) is 15.5. The van der Waals surface area contributed by atoms with Crippen LogP contribution in [0.25, 0.3) is 21.6 Å². The summed E-state index contributed by atoms with van der Waals surface area (Å²) in [6, 6.07) is 15.4. The SMILES string of the molecule is Cc1ncsc1-c1ccc(CNC(=O)[C@@H]2C[C@@H](O)CN2C(=O)[C@@H](NC(=O)CCCCCCCCCNC(=O)c2ccc(-c3ccc(N4C[C@@H](C)N(C)[C@@H](C)C4)c(NC(=O)c4c[nH]c(=O)cc4C(F)(F)F)c3)c(F)c2)C(C)(C)C)cc1. The lowest BCUT2D eigenvalue weighted by atomic mass is 9.85. The highest BCUT2D eigenvalue weighted by Crippen LogP contribution is 2.37. The average Bonchev–Trinajstić information content (AvgIpc) is 4.05. The van der Waals surface area contributed by atoms with Gasteiger partial charge in [0.15, 0.2) is 0 Å². The molecule has 2 aliphatic rings. The Kier molecular flexibility index (Phi) is 20.1. The number of aliphatic hydroxyl groups is 1. The van der Waals surface area contributed by atoms with E-state index in [1.165, 1.54) is 23.1 Å². The number of halogens is 4. The van der Waals surface area contributed by atoms with Gasteiger partial charge in [0.2, 0.25) is 23.3 Å². The Morgan fingerprint density at radius 2 is 1.50 bits per heavy atom. The number of rotatable bonds is 21. The number of alkyl halides is 3. The molecule has 7 rings (SSSR count). The van der Waals surface area contributed by atoms with Crippen LogP contribution in [0.5, 0.6) is 0 Å². The first kappa shape index (κ1) is 60.7. The molecule has 430 valence electrons. The van der Waals surface area contributed by atoms with Crippen LogP contribution in [0, 0.1) is 18.2 Å². The minimum absolute atomic E-state index is 0.0157. The summed E-state index contributed by atoms with van der Waals surface area (Å²) < 4.78 is 57.8. The number of hydrogen-bond acceptors (Lipinski definition) is 11. The molecule has 0 spiro atoms. The molecule has 2 aromatic heterocycles. The van der Waals surface area contributed by atoms with E-state index in [-0.39, 0.29) is 66.6 Å². The normalized spacial score (nSPS) is 18.2. The van der Waals surface area contributed by atoms with Gasteiger partial charge in [-0.1, -0.05) is 89.3 Å². The van der Waals surface area contributed by atoms with E-state index in [9.17, 15) is 47.0 Å². The smallest absolute Gasteiger partial charge is 0.391 e. The summed E-state index contributed by atoms with van der Waals surface area (Å²) in [5.41, 5.74) is 1.94. The molecule has 2 saturated heterocycles. The Bertz CT molecular complexity index is 3060. The average molecular weight is 1130 g/mol. The van der Waals surface area contributed by atoms with Crippen molar-refractivity contribution in [2.45, 2.75) is 142 Å². The number of unbranched alkanes of at least 4 members (excludes halogenated alkanes) is 6. The highest BCUT2D eigenvalue weighted by atomic mass is 32.1. The molecule has 16 nitrogen and oxygen atoms in total. The molecule has 5 atom stereocenters. The minimum atomic E-state index is -4.99. The lowest BCUT2D eigenvalue weighted by molar-refractivity contribution is -0.144. The quantitative estimate of drug-likeness (QED) is 0.0303. The molecule has 6 N–H and O–H groups in total. The molecule has 80 heavy (non-hydrogen) atoms. The first-order valence-corrected chi connectivity index (χ1v) is 28.1. The van der Waals surface area contributed by atoms with Crippen LogP contribution in [0.4, 0.5) is 28.9 Å². The number of benzene rings is 3. The van der Waals surface area contributed by atoms with Crippen molar-refractivity contribution in [3.63, 3.8) is 0 Å². The van der Waals surface area contributed by atoms with Gasteiger partial charge in [-0.15, -0.1) is 11.3 Å². The number of likely N-dealkylation sites (tertiary alicyclic amines) is 1. The number of pyridine rings is 1. The molecule has 0 saturated carbocycles. The number of nitrogens with zero attached hydrogens (tertiary/aromatic N) is 4. The first-order chi connectivity index (χ1) is 37.9. The summed E-state index contributed by atoms with van der Waals surface area (Å²) in [4.78, 5) is 92.3. The van der Waals surface area contributed by atoms with Crippen LogP contribution in [-0.2, 0) is 27.1 Å². The van der Waals surface area contributed by atoms with Crippen molar-refractivity contribution < 1.29 is 46.6 Å². The fourth-order valence-corrected chi connectivity index (χ4v) is 11.1.